The zero-order valence-corrected chi connectivity index (χ0v) is 16.6. The molecule has 0 saturated heterocycles. The Labute approximate surface area is 171 Å². The fourth-order valence-corrected chi connectivity index (χ4v) is 5.10. The minimum atomic E-state index is -5.10. The number of alkyl halides is 3. The molecule has 0 fully saturated rings. The molecule has 0 aromatic heterocycles. The first kappa shape index (κ1) is 20.8. The molecule has 1 atom stereocenters. The molecule has 2 aliphatic rings. The summed E-state index contributed by atoms with van der Waals surface area (Å²) in [5.41, 5.74) is -1.77. The molecule has 0 bridgehead atoms. The number of halogens is 3. The third kappa shape index (κ3) is 3.38. The van der Waals surface area contributed by atoms with E-state index in [0.717, 1.165) is 12.1 Å². The van der Waals surface area contributed by atoms with Gasteiger partial charge in [0.2, 0.25) is 15.9 Å². The van der Waals surface area contributed by atoms with Crippen molar-refractivity contribution < 1.29 is 31.5 Å². The molecular formula is C20H19F3N2O4S. The van der Waals surface area contributed by atoms with Gasteiger partial charge in [-0.25, -0.2) is 13.1 Å². The lowest BCUT2D eigenvalue weighted by molar-refractivity contribution is -0.263. The van der Waals surface area contributed by atoms with Gasteiger partial charge >= 0.3 is 6.18 Å². The molecule has 0 unspecified atom stereocenters. The molecule has 0 spiro atoms. The summed E-state index contributed by atoms with van der Waals surface area (Å²) in [5.74, 6) is -0.0203. The van der Waals surface area contributed by atoms with Crippen molar-refractivity contribution in [1.82, 2.24) is 4.72 Å². The van der Waals surface area contributed by atoms with Crippen LogP contribution in [0, 0.1) is 0 Å². The van der Waals surface area contributed by atoms with Gasteiger partial charge in [-0.3, -0.25) is 4.79 Å². The van der Waals surface area contributed by atoms with Crippen molar-refractivity contribution in [3.63, 3.8) is 0 Å². The van der Waals surface area contributed by atoms with Gasteiger partial charge < -0.3 is 10.0 Å². The molecule has 10 heteroatoms. The molecule has 2 aliphatic heterocycles. The standard InChI is InChI=1S/C20H19F3N2O4S/c21-20(22,23)19(27,15-4-2-1-3-5-15)12-24-30(28,29)16-10-13-6-7-17(26)25-9-8-14(11-16)18(13)25/h1-5,10-11,24,27H,6-9,12H2/t19-/m1/s1. The van der Waals surface area contributed by atoms with Crippen LogP contribution in [0.3, 0.4) is 0 Å². The van der Waals surface area contributed by atoms with Crippen molar-refractivity contribution in [2.24, 2.45) is 0 Å². The predicted molar refractivity (Wildman–Crippen MR) is 102 cm³/mol. The molecule has 160 valence electrons. The third-order valence-corrected chi connectivity index (χ3v) is 6.95. The van der Waals surface area contributed by atoms with Gasteiger partial charge in [0.15, 0.2) is 5.60 Å². The van der Waals surface area contributed by atoms with Crippen LogP contribution in [0.4, 0.5) is 18.9 Å². The van der Waals surface area contributed by atoms with Crippen LogP contribution >= 0.6 is 0 Å². The fourth-order valence-electron chi connectivity index (χ4n) is 3.94. The summed E-state index contributed by atoms with van der Waals surface area (Å²) in [5, 5.41) is 10.4. The Hall–Kier alpha value is -2.43. The molecule has 30 heavy (non-hydrogen) atoms. The van der Waals surface area contributed by atoms with Gasteiger partial charge in [0, 0.05) is 13.0 Å². The normalized spacial score (nSPS) is 18.3. The van der Waals surface area contributed by atoms with Gasteiger partial charge in [0.05, 0.1) is 17.1 Å². The second-order valence-electron chi connectivity index (χ2n) is 7.43. The number of aliphatic hydroxyl groups is 1. The first-order valence-corrected chi connectivity index (χ1v) is 10.8. The van der Waals surface area contributed by atoms with E-state index in [0.29, 0.717) is 36.2 Å². The Morgan fingerprint density at radius 2 is 1.67 bits per heavy atom. The summed E-state index contributed by atoms with van der Waals surface area (Å²) in [6.45, 7) is -0.806. The number of benzene rings is 2. The quantitative estimate of drug-likeness (QED) is 0.747. The highest BCUT2D eigenvalue weighted by Crippen LogP contribution is 2.40. The van der Waals surface area contributed by atoms with Crippen LogP contribution in [0.5, 0.6) is 0 Å². The molecular weight excluding hydrogens is 421 g/mol. The maximum Gasteiger partial charge on any atom is 0.422 e. The SMILES string of the molecule is O=C1CCc2cc(S(=O)(=O)NC[C@@](O)(c3ccccc3)C(F)(F)F)cc3c2N1CC3. The van der Waals surface area contributed by atoms with E-state index >= 15 is 0 Å². The van der Waals surface area contributed by atoms with Crippen LogP contribution in [0.15, 0.2) is 47.4 Å². The Morgan fingerprint density at radius 3 is 2.30 bits per heavy atom. The summed E-state index contributed by atoms with van der Waals surface area (Å²) in [7, 11) is -4.34. The largest absolute Gasteiger partial charge is 0.422 e. The third-order valence-electron chi connectivity index (χ3n) is 5.57. The zero-order valence-electron chi connectivity index (χ0n) is 15.7. The number of nitrogens with zero attached hydrogens (tertiary/aromatic N) is 1. The van der Waals surface area contributed by atoms with E-state index in [4.69, 9.17) is 0 Å². The van der Waals surface area contributed by atoms with Crippen LogP contribution in [-0.2, 0) is 33.3 Å². The highest BCUT2D eigenvalue weighted by atomic mass is 32.2. The number of hydrogen-bond donors (Lipinski definition) is 2. The number of anilines is 1. The summed E-state index contributed by atoms with van der Waals surface area (Å²) in [6, 6.07) is 9.11. The van der Waals surface area contributed by atoms with Crippen LogP contribution in [0.25, 0.3) is 0 Å². The molecule has 2 heterocycles. The van der Waals surface area contributed by atoms with Crippen molar-refractivity contribution >= 4 is 21.6 Å². The molecule has 0 radical (unpaired) electrons. The smallest absolute Gasteiger partial charge is 0.375 e. The molecule has 2 aromatic rings. The van der Waals surface area contributed by atoms with Gasteiger partial charge in [-0.2, -0.15) is 13.2 Å². The Morgan fingerprint density at radius 1 is 1.03 bits per heavy atom. The Kier molecular flexibility index (Phi) is 4.91. The van der Waals surface area contributed by atoms with E-state index < -0.39 is 33.9 Å². The summed E-state index contributed by atoms with van der Waals surface area (Å²) in [4.78, 5) is 13.5. The average molecular weight is 440 g/mol. The van der Waals surface area contributed by atoms with Crippen LogP contribution in [0.1, 0.15) is 23.1 Å². The zero-order chi connectivity index (χ0) is 21.7. The molecule has 4 rings (SSSR count). The second kappa shape index (κ2) is 7.07. The molecule has 2 N–H and O–H groups in total. The molecule has 0 aliphatic carbocycles. The van der Waals surface area contributed by atoms with Crippen molar-refractivity contribution in [3.8, 4) is 0 Å². The van der Waals surface area contributed by atoms with Crippen LogP contribution < -0.4 is 9.62 Å². The first-order chi connectivity index (χ1) is 14.0. The van der Waals surface area contributed by atoms with Crippen LogP contribution in [-0.4, -0.2) is 38.7 Å². The lowest BCUT2D eigenvalue weighted by Gasteiger charge is -2.31. The predicted octanol–water partition coefficient (Wildman–Crippen LogP) is 2.25. The number of aryl methyl sites for hydroxylation is 1. The van der Waals surface area contributed by atoms with E-state index in [1.807, 2.05) is 4.72 Å². The summed E-state index contributed by atoms with van der Waals surface area (Å²) >= 11 is 0. The topological polar surface area (TPSA) is 86.7 Å². The number of nitrogens with one attached hydrogen (secondary N) is 1. The van der Waals surface area contributed by atoms with Gasteiger partial charge in [0.25, 0.3) is 0 Å². The average Bonchev–Trinajstić information content (AvgIpc) is 3.14. The van der Waals surface area contributed by atoms with Crippen LogP contribution in [0.2, 0.25) is 0 Å². The summed E-state index contributed by atoms with van der Waals surface area (Å²) < 4.78 is 68.4. The lowest BCUT2D eigenvalue weighted by atomic mass is 9.93. The van der Waals surface area contributed by atoms with Gasteiger partial charge in [-0.15, -0.1) is 0 Å². The van der Waals surface area contributed by atoms with E-state index in [1.54, 1.807) is 4.90 Å². The lowest BCUT2D eigenvalue weighted by Crippen LogP contribution is -2.51. The maximum atomic E-state index is 13.6. The molecule has 0 saturated carbocycles. The number of carbonyl (C=O) groups is 1. The highest BCUT2D eigenvalue weighted by molar-refractivity contribution is 7.89. The second-order valence-corrected chi connectivity index (χ2v) is 9.20. The number of rotatable bonds is 5. The van der Waals surface area contributed by atoms with Gasteiger partial charge in [-0.05, 0) is 41.7 Å². The highest BCUT2D eigenvalue weighted by Gasteiger charge is 2.55. The first-order valence-electron chi connectivity index (χ1n) is 9.33. The molecule has 2 aromatic carbocycles. The van der Waals surface area contributed by atoms with Crippen molar-refractivity contribution in [3.05, 3.63) is 59.2 Å². The Bertz CT molecular complexity index is 1100. The van der Waals surface area contributed by atoms with E-state index in [9.17, 15) is 31.5 Å². The summed E-state index contributed by atoms with van der Waals surface area (Å²) in [6.07, 6.45) is -3.99. The van der Waals surface area contributed by atoms with Crippen molar-refractivity contribution in [2.75, 3.05) is 18.0 Å². The monoisotopic (exact) mass is 440 g/mol. The Balaban J connectivity index is 1.65. The van der Waals surface area contributed by atoms with Gasteiger partial charge in [0.1, 0.15) is 0 Å². The number of sulfonamides is 1. The maximum absolute atomic E-state index is 13.6. The fraction of sp³-hybridized carbons (Fsp3) is 0.350. The minimum absolute atomic E-state index is 0.0203. The number of amides is 1. The minimum Gasteiger partial charge on any atom is -0.375 e. The van der Waals surface area contributed by atoms with E-state index in [-0.39, 0.29) is 17.2 Å². The van der Waals surface area contributed by atoms with E-state index in [1.165, 1.54) is 30.3 Å². The molecule has 1 amide bonds. The molecule has 6 nitrogen and oxygen atoms in total. The van der Waals surface area contributed by atoms with Crippen molar-refractivity contribution in [1.29, 1.82) is 0 Å². The van der Waals surface area contributed by atoms with Crippen molar-refractivity contribution in [2.45, 2.75) is 35.9 Å². The van der Waals surface area contributed by atoms with Gasteiger partial charge in [-0.1, -0.05) is 30.3 Å². The number of hydrogen-bond acceptors (Lipinski definition) is 4. The number of carbonyl (C=O) groups excluding carboxylic acids is 1. The van der Waals surface area contributed by atoms with E-state index in [2.05, 4.69) is 0 Å².